The lowest BCUT2D eigenvalue weighted by atomic mass is 9.55. The van der Waals surface area contributed by atoms with Gasteiger partial charge in [0.1, 0.15) is 0 Å². The van der Waals surface area contributed by atoms with Gasteiger partial charge >= 0.3 is 0 Å². The first-order valence-electron chi connectivity index (χ1n) is 5.36. The van der Waals surface area contributed by atoms with Gasteiger partial charge in [-0.3, -0.25) is 0 Å². The Morgan fingerprint density at radius 2 is 1.79 bits per heavy atom. The third kappa shape index (κ3) is 1.46. The summed E-state index contributed by atoms with van der Waals surface area (Å²) in [6.07, 6.45) is 2.92. The molecule has 0 heterocycles. The molecule has 0 radical (unpaired) electrons. The van der Waals surface area contributed by atoms with Crippen molar-refractivity contribution in [1.82, 2.24) is 0 Å². The van der Waals surface area contributed by atoms with Gasteiger partial charge in [-0.1, -0.05) is 37.3 Å². The average molecular weight is 190 g/mol. The zero-order chi connectivity index (χ0) is 10.2. The topological polar surface area (TPSA) is 20.2 Å². The molecule has 0 spiro atoms. The summed E-state index contributed by atoms with van der Waals surface area (Å²) in [6.45, 7) is 4.14. The second kappa shape index (κ2) is 3.09. The molecule has 1 N–H and O–H groups in total. The van der Waals surface area contributed by atoms with Gasteiger partial charge in [0.25, 0.3) is 0 Å². The van der Waals surface area contributed by atoms with E-state index in [0.717, 1.165) is 19.3 Å². The summed E-state index contributed by atoms with van der Waals surface area (Å²) in [6, 6.07) is 10.6. The fraction of sp³-hybridized carbons (Fsp3) is 0.538. The predicted molar refractivity (Wildman–Crippen MR) is 58.3 cm³/mol. The highest BCUT2D eigenvalue weighted by Gasteiger charge is 2.50. The van der Waals surface area contributed by atoms with Crippen LogP contribution in [0.4, 0.5) is 0 Å². The smallest absolute Gasteiger partial charge is 0.0636 e. The molecule has 1 aliphatic rings. The fourth-order valence-corrected chi connectivity index (χ4v) is 2.86. The van der Waals surface area contributed by atoms with Crippen molar-refractivity contribution in [3.63, 3.8) is 0 Å². The van der Waals surface area contributed by atoms with E-state index in [1.54, 1.807) is 0 Å². The van der Waals surface area contributed by atoms with Gasteiger partial charge in [0.15, 0.2) is 0 Å². The molecule has 0 amide bonds. The van der Waals surface area contributed by atoms with Crippen LogP contribution in [0.2, 0.25) is 0 Å². The van der Waals surface area contributed by atoms with Gasteiger partial charge in [-0.15, -0.1) is 0 Å². The van der Waals surface area contributed by atoms with Crippen molar-refractivity contribution in [2.75, 3.05) is 0 Å². The van der Waals surface area contributed by atoms with Crippen LogP contribution in [0.3, 0.4) is 0 Å². The van der Waals surface area contributed by atoms with Crippen LogP contribution >= 0.6 is 0 Å². The number of hydrogen-bond acceptors (Lipinski definition) is 1. The average Bonchev–Trinajstić information content (AvgIpc) is 2.15. The molecule has 0 saturated heterocycles. The molecule has 1 aromatic rings. The van der Waals surface area contributed by atoms with Crippen LogP contribution in [0.1, 0.15) is 38.7 Å². The van der Waals surface area contributed by atoms with Crippen LogP contribution in [0.5, 0.6) is 0 Å². The maximum Gasteiger partial charge on any atom is 0.0636 e. The molecule has 0 aliphatic heterocycles. The normalized spacial score (nSPS) is 36.5. The quantitative estimate of drug-likeness (QED) is 0.760. The van der Waals surface area contributed by atoms with Crippen molar-refractivity contribution in [3.8, 4) is 0 Å². The van der Waals surface area contributed by atoms with Gasteiger partial charge in [0, 0.05) is 5.41 Å². The molecule has 1 aliphatic carbocycles. The Kier molecular flexibility index (Phi) is 2.15. The first-order chi connectivity index (χ1) is 6.58. The zero-order valence-electron chi connectivity index (χ0n) is 8.96. The third-order valence-electron chi connectivity index (χ3n) is 3.50. The zero-order valence-corrected chi connectivity index (χ0v) is 8.96. The second-order valence-electron chi connectivity index (χ2n) is 4.85. The van der Waals surface area contributed by atoms with Crippen LogP contribution in [-0.2, 0) is 5.41 Å². The van der Waals surface area contributed by atoms with Gasteiger partial charge < -0.3 is 5.11 Å². The third-order valence-corrected chi connectivity index (χ3v) is 3.50. The largest absolute Gasteiger partial charge is 0.390 e. The maximum atomic E-state index is 9.84. The Morgan fingerprint density at radius 3 is 2.21 bits per heavy atom. The minimum Gasteiger partial charge on any atom is -0.390 e. The molecule has 0 aromatic heterocycles. The van der Waals surface area contributed by atoms with Crippen molar-refractivity contribution in [2.45, 2.75) is 44.1 Å². The van der Waals surface area contributed by atoms with Crippen molar-refractivity contribution in [1.29, 1.82) is 0 Å². The Hall–Kier alpha value is -0.820. The van der Waals surface area contributed by atoms with Crippen LogP contribution in [0.15, 0.2) is 30.3 Å². The van der Waals surface area contributed by atoms with E-state index in [4.69, 9.17) is 0 Å². The molecule has 0 bridgehead atoms. The summed E-state index contributed by atoms with van der Waals surface area (Å²) < 4.78 is 0. The number of aliphatic hydroxyl groups is 1. The van der Waals surface area contributed by atoms with Crippen LogP contribution in [-0.4, -0.2) is 10.7 Å². The van der Waals surface area contributed by atoms with E-state index >= 15 is 0 Å². The lowest BCUT2D eigenvalue weighted by Crippen LogP contribution is -2.52. The summed E-state index contributed by atoms with van der Waals surface area (Å²) in [7, 11) is 0. The molecule has 0 unspecified atom stereocenters. The number of benzene rings is 1. The van der Waals surface area contributed by atoms with Gasteiger partial charge in [-0.2, -0.15) is 0 Å². The number of rotatable bonds is 2. The highest BCUT2D eigenvalue weighted by atomic mass is 16.3. The SMILES string of the molecule is CCC1(c2ccccc2)CC(C)(O)C1. The van der Waals surface area contributed by atoms with Crippen LogP contribution in [0.25, 0.3) is 0 Å². The standard InChI is InChI=1S/C13H18O/c1-3-13(9-12(2,14)10-13)11-7-5-4-6-8-11/h4-8,14H,3,9-10H2,1-2H3. The van der Waals surface area contributed by atoms with E-state index in [0.29, 0.717) is 0 Å². The van der Waals surface area contributed by atoms with Crippen LogP contribution in [0, 0.1) is 0 Å². The summed E-state index contributed by atoms with van der Waals surface area (Å²) in [5.41, 5.74) is 1.19. The Balaban J connectivity index is 2.25. The molecule has 76 valence electrons. The van der Waals surface area contributed by atoms with Crippen molar-refractivity contribution < 1.29 is 5.11 Å². The van der Waals surface area contributed by atoms with Gasteiger partial charge in [-0.05, 0) is 31.7 Å². The molecule has 1 fully saturated rings. The predicted octanol–water partition coefficient (Wildman–Crippen LogP) is 2.88. The minimum absolute atomic E-state index is 0.241. The first kappa shape index (κ1) is 9.72. The van der Waals surface area contributed by atoms with E-state index in [1.165, 1.54) is 5.56 Å². The van der Waals surface area contributed by atoms with Crippen molar-refractivity contribution in [3.05, 3.63) is 35.9 Å². The lowest BCUT2D eigenvalue weighted by molar-refractivity contribution is -0.0774. The van der Waals surface area contributed by atoms with E-state index in [9.17, 15) is 5.11 Å². The Labute approximate surface area is 85.8 Å². The van der Waals surface area contributed by atoms with Gasteiger partial charge in [0.2, 0.25) is 0 Å². The molecule has 14 heavy (non-hydrogen) atoms. The van der Waals surface area contributed by atoms with Crippen LogP contribution < -0.4 is 0 Å². The van der Waals surface area contributed by atoms with E-state index < -0.39 is 5.60 Å². The Bertz CT molecular complexity index is 305. The monoisotopic (exact) mass is 190 g/mol. The molecule has 1 heteroatoms. The highest BCUT2D eigenvalue weighted by molar-refractivity contribution is 5.30. The van der Waals surface area contributed by atoms with Gasteiger partial charge in [0.05, 0.1) is 5.60 Å². The van der Waals surface area contributed by atoms with E-state index in [-0.39, 0.29) is 5.41 Å². The number of hydrogen-bond donors (Lipinski definition) is 1. The lowest BCUT2D eigenvalue weighted by Gasteiger charge is -2.52. The highest BCUT2D eigenvalue weighted by Crippen LogP contribution is 2.52. The van der Waals surface area contributed by atoms with E-state index in [1.807, 2.05) is 13.0 Å². The molecular weight excluding hydrogens is 172 g/mol. The molecular formula is C13H18O. The van der Waals surface area contributed by atoms with Crippen molar-refractivity contribution in [2.24, 2.45) is 0 Å². The summed E-state index contributed by atoms with van der Waals surface area (Å²) >= 11 is 0. The molecule has 1 saturated carbocycles. The van der Waals surface area contributed by atoms with Crippen molar-refractivity contribution >= 4 is 0 Å². The van der Waals surface area contributed by atoms with E-state index in [2.05, 4.69) is 31.2 Å². The minimum atomic E-state index is -0.439. The van der Waals surface area contributed by atoms with Gasteiger partial charge in [-0.25, -0.2) is 0 Å². The Morgan fingerprint density at radius 1 is 1.21 bits per heavy atom. The molecule has 0 atom stereocenters. The summed E-state index contributed by atoms with van der Waals surface area (Å²) in [4.78, 5) is 0. The summed E-state index contributed by atoms with van der Waals surface area (Å²) in [5.74, 6) is 0. The molecule has 2 rings (SSSR count). The first-order valence-corrected chi connectivity index (χ1v) is 5.36. The second-order valence-corrected chi connectivity index (χ2v) is 4.85. The fourth-order valence-electron chi connectivity index (χ4n) is 2.86. The molecule has 1 aromatic carbocycles. The summed E-state index contributed by atoms with van der Waals surface area (Å²) in [5, 5.41) is 9.84. The molecule has 1 nitrogen and oxygen atoms in total. The maximum absolute atomic E-state index is 9.84.